The van der Waals surface area contributed by atoms with E-state index in [4.69, 9.17) is 45.9 Å². The van der Waals surface area contributed by atoms with Crippen molar-refractivity contribution in [1.29, 1.82) is 0 Å². The first-order valence-corrected chi connectivity index (χ1v) is 20.4. The van der Waals surface area contributed by atoms with E-state index < -0.39 is 79.1 Å². The van der Waals surface area contributed by atoms with Gasteiger partial charge in [-0.05, 0) is 37.7 Å². The molecule has 0 heterocycles. The second-order valence-electron chi connectivity index (χ2n) is 14.4. The first-order chi connectivity index (χ1) is 29.8. The quantitative estimate of drug-likeness (QED) is 0.0187. The lowest BCUT2D eigenvalue weighted by Crippen LogP contribution is -2.53. The van der Waals surface area contributed by atoms with Crippen molar-refractivity contribution in [3.63, 3.8) is 0 Å². The number of nitrogens with two attached hydrogens (primary N) is 8. The summed E-state index contributed by atoms with van der Waals surface area (Å²) >= 11 is 0. The van der Waals surface area contributed by atoms with E-state index in [0.717, 1.165) is 10.5 Å². The Hall–Kier alpha value is -6.60. The van der Waals surface area contributed by atoms with E-state index in [1.807, 2.05) is 6.07 Å². The molecule has 1 aromatic carbocycles. The summed E-state index contributed by atoms with van der Waals surface area (Å²) < 4.78 is 0. The number of amides is 8. The lowest BCUT2D eigenvalue weighted by Gasteiger charge is -2.27. The maximum atomic E-state index is 13.5. The highest BCUT2D eigenvalue weighted by molar-refractivity contribution is 5.90. The van der Waals surface area contributed by atoms with Crippen LogP contribution in [0.5, 0.6) is 0 Å². The Labute approximate surface area is 366 Å². The van der Waals surface area contributed by atoms with Gasteiger partial charge in [0.2, 0.25) is 47.3 Å². The van der Waals surface area contributed by atoms with Crippen LogP contribution in [0.4, 0.5) is 0 Å². The van der Waals surface area contributed by atoms with Crippen molar-refractivity contribution in [2.45, 2.75) is 63.6 Å². The minimum absolute atomic E-state index is 0.0329. The van der Waals surface area contributed by atoms with E-state index >= 15 is 0 Å². The molecule has 63 heavy (non-hydrogen) atoms. The third-order valence-electron chi connectivity index (χ3n) is 8.98. The third-order valence-corrected chi connectivity index (χ3v) is 8.98. The average Bonchev–Trinajstić information content (AvgIpc) is 3.21. The number of benzene rings is 1. The van der Waals surface area contributed by atoms with E-state index in [9.17, 15) is 38.4 Å². The number of guanidine groups is 2. The van der Waals surface area contributed by atoms with Gasteiger partial charge in [0.25, 0.3) is 0 Å². The van der Waals surface area contributed by atoms with Crippen LogP contribution >= 0.6 is 0 Å². The summed E-state index contributed by atoms with van der Waals surface area (Å²) in [5.74, 6) is -4.82. The molecule has 352 valence electrons. The second kappa shape index (κ2) is 30.4. The Morgan fingerprint density at radius 3 is 1.32 bits per heavy atom. The van der Waals surface area contributed by atoms with E-state index in [1.54, 1.807) is 24.3 Å². The number of nitrogens with one attached hydrogen (secondary N) is 4. The van der Waals surface area contributed by atoms with E-state index in [1.165, 1.54) is 16.7 Å². The van der Waals surface area contributed by atoms with Crippen LogP contribution in [-0.4, -0.2) is 171 Å². The monoisotopic (exact) mass is 890 g/mol. The molecule has 20 N–H and O–H groups in total. The van der Waals surface area contributed by atoms with Crippen LogP contribution in [0.2, 0.25) is 0 Å². The largest absolute Gasteiger partial charge is 0.370 e. The summed E-state index contributed by atoms with van der Waals surface area (Å²) in [5, 5.41) is 10.4. The van der Waals surface area contributed by atoms with Gasteiger partial charge in [-0.2, -0.15) is 0 Å². The number of primary amides is 1. The normalized spacial score (nSPS) is 12.0. The van der Waals surface area contributed by atoms with Gasteiger partial charge in [0, 0.05) is 72.2 Å². The molecule has 8 amide bonds. The van der Waals surface area contributed by atoms with Crippen LogP contribution in [0.25, 0.3) is 0 Å². The highest BCUT2D eigenvalue weighted by Crippen LogP contribution is 2.06. The minimum atomic E-state index is -1.08. The Morgan fingerprint density at radius 2 is 0.937 bits per heavy atom. The fourth-order valence-electron chi connectivity index (χ4n) is 5.79. The SMILES string of the molecule is CC(=O)NCCN(CC(=O)NCCN(CC(=O)NCCN(CC(=O)NCCC(N)=O)C(=O)[C@@H](N)Cc1ccccc1)C(=O)[C@@H](N)CCCN=C(N)N)C(=O)[C@@H](N)CCCN=C(N)N. The van der Waals surface area contributed by atoms with Crippen LogP contribution in [0, 0.1) is 0 Å². The smallest absolute Gasteiger partial charge is 0.240 e. The lowest BCUT2D eigenvalue weighted by atomic mass is 10.1. The molecule has 0 aliphatic rings. The van der Waals surface area contributed by atoms with Crippen molar-refractivity contribution in [2.75, 3.05) is 78.5 Å². The van der Waals surface area contributed by atoms with Gasteiger partial charge >= 0.3 is 0 Å². The molecule has 25 heteroatoms. The van der Waals surface area contributed by atoms with Crippen molar-refractivity contribution in [1.82, 2.24) is 36.0 Å². The lowest BCUT2D eigenvalue weighted by molar-refractivity contribution is -0.138. The molecule has 0 aromatic heterocycles. The molecule has 0 radical (unpaired) electrons. The Kier molecular flexibility index (Phi) is 26.3. The molecule has 25 nitrogen and oxygen atoms in total. The van der Waals surface area contributed by atoms with Gasteiger partial charge in [-0.1, -0.05) is 30.3 Å². The molecule has 0 fully saturated rings. The van der Waals surface area contributed by atoms with Gasteiger partial charge in [-0.15, -0.1) is 0 Å². The molecular weight excluding hydrogens is 823 g/mol. The zero-order valence-electron chi connectivity index (χ0n) is 36.0. The molecule has 0 saturated carbocycles. The first-order valence-electron chi connectivity index (χ1n) is 20.4. The third kappa shape index (κ3) is 25.1. The fourth-order valence-corrected chi connectivity index (χ4v) is 5.79. The van der Waals surface area contributed by atoms with Gasteiger partial charge < -0.3 is 81.8 Å². The van der Waals surface area contributed by atoms with Crippen LogP contribution in [-0.2, 0) is 44.8 Å². The van der Waals surface area contributed by atoms with Crippen molar-refractivity contribution < 1.29 is 38.4 Å². The molecule has 1 aromatic rings. The van der Waals surface area contributed by atoms with Gasteiger partial charge in [-0.25, -0.2) is 0 Å². The van der Waals surface area contributed by atoms with Crippen LogP contribution in [0.3, 0.4) is 0 Å². The number of hydrogen-bond acceptors (Lipinski definition) is 13. The van der Waals surface area contributed by atoms with Gasteiger partial charge in [-0.3, -0.25) is 48.3 Å². The Bertz CT molecular complexity index is 1710. The zero-order chi connectivity index (χ0) is 47.3. The highest BCUT2D eigenvalue weighted by atomic mass is 16.2. The highest BCUT2D eigenvalue weighted by Gasteiger charge is 2.27. The standard InChI is InChI=1S/C38H67N17O8/c1-25(56)47-15-18-53(34(61)27(39)9-5-12-51-37(43)44)23-32(59)49-16-19-54(35(62)28(40)10-6-13-52-38(45)46)24-33(60)50-17-20-55(22-31(58)48-14-11-30(42)57)36(63)29(41)21-26-7-3-2-4-8-26/h2-4,7-8,27-29H,5-6,9-24,39-41H2,1H3,(H2,42,57)(H,47,56)(H,48,58)(H,49,59)(H,50,60)(H4,43,44,51)(H4,45,46,52)/t27-,28-,29-/m0/s1. The van der Waals surface area contributed by atoms with Crippen LogP contribution in [0.15, 0.2) is 40.3 Å². The number of hydrogen-bond donors (Lipinski definition) is 12. The van der Waals surface area contributed by atoms with E-state index in [-0.39, 0.29) is 102 Å². The molecule has 0 aliphatic carbocycles. The molecule has 0 bridgehead atoms. The van der Waals surface area contributed by atoms with Gasteiger partial charge in [0.05, 0.1) is 37.8 Å². The number of nitrogens with zero attached hydrogens (tertiary/aromatic N) is 5. The topological polar surface area (TPSA) is 427 Å². The first kappa shape index (κ1) is 54.4. The summed E-state index contributed by atoms with van der Waals surface area (Å²) in [6.45, 7) is -0.331. The predicted molar refractivity (Wildman–Crippen MR) is 235 cm³/mol. The maximum absolute atomic E-state index is 13.5. The molecule has 0 aliphatic heterocycles. The number of carbonyl (C=O) groups excluding carboxylic acids is 8. The van der Waals surface area contributed by atoms with Gasteiger partial charge in [0.1, 0.15) is 0 Å². The fraction of sp³-hybridized carbons (Fsp3) is 0.579. The summed E-state index contributed by atoms with van der Waals surface area (Å²) in [5.41, 5.74) is 45.9. The molecular formula is C38H67N17O8. The summed E-state index contributed by atoms with van der Waals surface area (Å²) in [6.07, 6.45) is 1.15. The summed E-state index contributed by atoms with van der Waals surface area (Å²) in [4.78, 5) is 113. The minimum Gasteiger partial charge on any atom is -0.370 e. The van der Waals surface area contributed by atoms with Crippen molar-refractivity contribution in [3.05, 3.63) is 35.9 Å². The van der Waals surface area contributed by atoms with Crippen molar-refractivity contribution in [3.8, 4) is 0 Å². The zero-order valence-corrected chi connectivity index (χ0v) is 36.0. The summed E-state index contributed by atoms with van der Waals surface area (Å²) in [6, 6.07) is 5.90. The molecule has 1 rings (SSSR count). The molecule has 0 spiro atoms. The number of aliphatic imine (C=N–C) groups is 2. The second-order valence-corrected chi connectivity index (χ2v) is 14.4. The van der Waals surface area contributed by atoms with E-state index in [2.05, 4.69) is 31.3 Å². The summed E-state index contributed by atoms with van der Waals surface area (Å²) in [7, 11) is 0. The van der Waals surface area contributed by atoms with Crippen molar-refractivity contribution in [2.24, 2.45) is 55.9 Å². The average molecular weight is 890 g/mol. The van der Waals surface area contributed by atoms with Crippen LogP contribution in [0.1, 0.15) is 44.6 Å². The Balaban J connectivity index is 3.07. The molecule has 3 atom stereocenters. The van der Waals surface area contributed by atoms with E-state index in [0.29, 0.717) is 12.8 Å². The Morgan fingerprint density at radius 1 is 0.556 bits per heavy atom. The number of rotatable bonds is 31. The predicted octanol–water partition coefficient (Wildman–Crippen LogP) is -6.84. The molecule has 0 unspecified atom stereocenters. The maximum Gasteiger partial charge on any atom is 0.240 e. The van der Waals surface area contributed by atoms with Crippen molar-refractivity contribution >= 4 is 59.2 Å². The molecule has 0 saturated heterocycles. The number of carbonyl (C=O) groups is 8. The van der Waals surface area contributed by atoms with Crippen LogP contribution < -0.4 is 67.1 Å². The van der Waals surface area contributed by atoms with Gasteiger partial charge in [0.15, 0.2) is 11.9 Å².